The van der Waals surface area contributed by atoms with Gasteiger partial charge in [-0.1, -0.05) is 42.5 Å². The van der Waals surface area contributed by atoms with Crippen LogP contribution in [-0.2, 0) is 13.2 Å². The Morgan fingerprint density at radius 3 is 2.28 bits per heavy atom. The molecule has 0 aliphatic heterocycles. The zero-order valence-corrected chi connectivity index (χ0v) is 18.4. The minimum atomic E-state index is 0.0386. The second-order valence-corrected chi connectivity index (χ2v) is 7.61. The van der Waals surface area contributed by atoms with Gasteiger partial charge in [0.1, 0.15) is 36.2 Å². The lowest BCUT2D eigenvalue weighted by molar-refractivity contribution is 0.101. The molecule has 0 radical (unpaired) electrons. The molecule has 162 valence electrons. The van der Waals surface area contributed by atoms with E-state index < -0.39 is 0 Å². The van der Waals surface area contributed by atoms with Crippen LogP contribution in [0.4, 0.5) is 0 Å². The SMILES string of the molecule is CC(=O)c1c(C)cccc1COc1cccc(OCc2nc(-c3ccccc3)oc2C)c1. The van der Waals surface area contributed by atoms with Gasteiger partial charge in [-0.25, -0.2) is 4.98 Å². The standard InChI is InChI=1S/C27H25NO4/c1-18-9-7-12-22(26(18)19(2)29)16-30-23-13-8-14-24(15-23)31-17-25-20(3)32-27(28-25)21-10-5-4-6-11-21/h4-15H,16-17H2,1-3H3. The van der Waals surface area contributed by atoms with Crippen molar-refractivity contribution < 1.29 is 18.7 Å². The molecule has 0 saturated carbocycles. The van der Waals surface area contributed by atoms with Crippen molar-refractivity contribution in [2.45, 2.75) is 34.0 Å². The minimum Gasteiger partial charge on any atom is -0.489 e. The van der Waals surface area contributed by atoms with E-state index in [0.717, 1.165) is 33.7 Å². The van der Waals surface area contributed by atoms with Crippen LogP contribution in [0.1, 0.15) is 39.9 Å². The monoisotopic (exact) mass is 427 g/mol. The van der Waals surface area contributed by atoms with Gasteiger partial charge in [0.05, 0.1) is 0 Å². The molecule has 1 heterocycles. The third kappa shape index (κ3) is 4.89. The molecule has 0 bridgehead atoms. The average molecular weight is 428 g/mol. The number of hydrogen-bond acceptors (Lipinski definition) is 5. The maximum Gasteiger partial charge on any atom is 0.226 e. The molecule has 1 aromatic heterocycles. The summed E-state index contributed by atoms with van der Waals surface area (Å²) in [5.74, 6) is 2.69. The number of oxazole rings is 1. The molecule has 3 aromatic carbocycles. The molecule has 0 fully saturated rings. The van der Waals surface area contributed by atoms with Gasteiger partial charge in [0.15, 0.2) is 5.78 Å². The van der Waals surface area contributed by atoms with Gasteiger partial charge < -0.3 is 13.9 Å². The van der Waals surface area contributed by atoms with Gasteiger partial charge in [-0.15, -0.1) is 0 Å². The van der Waals surface area contributed by atoms with Crippen molar-refractivity contribution in [1.82, 2.24) is 4.98 Å². The van der Waals surface area contributed by atoms with Crippen LogP contribution < -0.4 is 9.47 Å². The quantitative estimate of drug-likeness (QED) is 0.308. The predicted octanol–water partition coefficient (Wildman–Crippen LogP) is 6.32. The fraction of sp³-hybridized carbons (Fsp3) is 0.185. The van der Waals surface area contributed by atoms with Crippen molar-refractivity contribution in [3.8, 4) is 23.0 Å². The van der Waals surface area contributed by atoms with Crippen molar-refractivity contribution in [1.29, 1.82) is 0 Å². The molecule has 5 nitrogen and oxygen atoms in total. The van der Waals surface area contributed by atoms with Gasteiger partial charge in [0.25, 0.3) is 0 Å². The number of Topliss-reactive ketones (excluding diaryl/α,β-unsaturated/α-hetero) is 1. The van der Waals surface area contributed by atoms with E-state index in [4.69, 9.17) is 13.9 Å². The van der Waals surface area contributed by atoms with Crippen molar-refractivity contribution in [2.24, 2.45) is 0 Å². The Labute approximate surface area is 187 Å². The highest BCUT2D eigenvalue weighted by Crippen LogP contribution is 2.25. The van der Waals surface area contributed by atoms with Gasteiger partial charge in [0, 0.05) is 22.8 Å². The van der Waals surface area contributed by atoms with Gasteiger partial charge in [-0.05, 0) is 50.6 Å². The van der Waals surface area contributed by atoms with Crippen LogP contribution in [0, 0.1) is 13.8 Å². The van der Waals surface area contributed by atoms with Crippen molar-refractivity contribution >= 4 is 5.78 Å². The third-order valence-corrected chi connectivity index (χ3v) is 5.20. The molecule has 4 aromatic rings. The zero-order chi connectivity index (χ0) is 22.5. The summed E-state index contributed by atoms with van der Waals surface area (Å²) in [5.41, 5.74) is 4.22. The highest BCUT2D eigenvalue weighted by Gasteiger charge is 2.13. The molecule has 0 aliphatic carbocycles. The van der Waals surface area contributed by atoms with Crippen LogP contribution in [0.25, 0.3) is 11.5 Å². The van der Waals surface area contributed by atoms with Gasteiger partial charge in [0.2, 0.25) is 5.89 Å². The Hall–Kier alpha value is -3.86. The van der Waals surface area contributed by atoms with E-state index in [1.807, 2.05) is 86.6 Å². The zero-order valence-electron chi connectivity index (χ0n) is 18.4. The van der Waals surface area contributed by atoms with Gasteiger partial charge >= 0.3 is 0 Å². The molecule has 0 saturated heterocycles. The Bertz CT molecular complexity index is 1230. The van der Waals surface area contributed by atoms with E-state index in [1.54, 1.807) is 6.92 Å². The lowest BCUT2D eigenvalue weighted by Gasteiger charge is -2.12. The molecule has 0 atom stereocenters. The third-order valence-electron chi connectivity index (χ3n) is 5.20. The lowest BCUT2D eigenvalue weighted by atomic mass is 9.99. The maximum atomic E-state index is 12.0. The number of nitrogens with zero attached hydrogens (tertiary/aromatic N) is 1. The summed E-state index contributed by atoms with van der Waals surface area (Å²) >= 11 is 0. The summed E-state index contributed by atoms with van der Waals surface area (Å²) in [4.78, 5) is 16.6. The molecular formula is C27H25NO4. The van der Waals surface area contributed by atoms with E-state index in [-0.39, 0.29) is 12.4 Å². The summed E-state index contributed by atoms with van der Waals surface area (Å²) in [5, 5.41) is 0. The highest BCUT2D eigenvalue weighted by molar-refractivity contribution is 5.97. The van der Waals surface area contributed by atoms with E-state index in [2.05, 4.69) is 4.98 Å². The van der Waals surface area contributed by atoms with E-state index >= 15 is 0 Å². The first kappa shape index (κ1) is 21.4. The van der Waals surface area contributed by atoms with Crippen LogP contribution in [0.3, 0.4) is 0 Å². The molecule has 0 amide bonds. The summed E-state index contributed by atoms with van der Waals surface area (Å²) in [7, 11) is 0. The fourth-order valence-electron chi connectivity index (χ4n) is 3.59. The minimum absolute atomic E-state index is 0.0386. The molecule has 32 heavy (non-hydrogen) atoms. The molecular weight excluding hydrogens is 402 g/mol. The lowest BCUT2D eigenvalue weighted by Crippen LogP contribution is -2.06. The molecule has 0 spiro atoms. The second-order valence-electron chi connectivity index (χ2n) is 7.61. The first-order valence-corrected chi connectivity index (χ1v) is 10.5. The number of aryl methyl sites for hydroxylation is 2. The van der Waals surface area contributed by atoms with Gasteiger partial charge in [-0.3, -0.25) is 4.79 Å². The summed E-state index contributed by atoms with van der Waals surface area (Å²) in [6.45, 7) is 5.99. The Morgan fingerprint density at radius 2 is 1.56 bits per heavy atom. The number of ketones is 1. The highest BCUT2D eigenvalue weighted by atomic mass is 16.5. The first-order valence-electron chi connectivity index (χ1n) is 10.5. The summed E-state index contributed by atoms with van der Waals surface area (Å²) < 4.78 is 17.7. The molecule has 5 heteroatoms. The van der Waals surface area contributed by atoms with Crippen LogP contribution in [0.2, 0.25) is 0 Å². The second kappa shape index (κ2) is 9.52. The molecule has 4 rings (SSSR count). The number of carbonyl (C=O) groups is 1. The normalized spacial score (nSPS) is 10.7. The van der Waals surface area contributed by atoms with E-state index in [9.17, 15) is 4.79 Å². The molecule has 0 N–H and O–H groups in total. The first-order chi connectivity index (χ1) is 15.5. The number of rotatable bonds is 8. The number of benzene rings is 3. The van der Waals surface area contributed by atoms with Crippen LogP contribution in [-0.4, -0.2) is 10.8 Å². The Balaban J connectivity index is 1.42. The number of carbonyl (C=O) groups excluding carboxylic acids is 1. The van der Waals surface area contributed by atoms with Crippen molar-refractivity contribution in [2.75, 3.05) is 0 Å². The number of ether oxygens (including phenoxy) is 2. The van der Waals surface area contributed by atoms with Crippen molar-refractivity contribution in [3.63, 3.8) is 0 Å². The van der Waals surface area contributed by atoms with Crippen LogP contribution >= 0.6 is 0 Å². The fourth-order valence-corrected chi connectivity index (χ4v) is 3.59. The Morgan fingerprint density at radius 1 is 0.875 bits per heavy atom. The number of hydrogen-bond donors (Lipinski definition) is 0. The van der Waals surface area contributed by atoms with Crippen LogP contribution in [0.5, 0.6) is 11.5 Å². The summed E-state index contributed by atoms with van der Waals surface area (Å²) in [6.07, 6.45) is 0. The van der Waals surface area contributed by atoms with Crippen molar-refractivity contribution in [3.05, 3.63) is 101 Å². The average Bonchev–Trinajstić information content (AvgIpc) is 3.17. The topological polar surface area (TPSA) is 61.6 Å². The van der Waals surface area contributed by atoms with Crippen LogP contribution in [0.15, 0.2) is 77.2 Å². The largest absolute Gasteiger partial charge is 0.489 e. The molecule has 0 unspecified atom stereocenters. The van der Waals surface area contributed by atoms with E-state index in [0.29, 0.717) is 24.0 Å². The molecule has 0 aliphatic rings. The summed E-state index contributed by atoms with van der Waals surface area (Å²) in [6, 6.07) is 23.0. The maximum absolute atomic E-state index is 12.0. The Kier molecular flexibility index (Phi) is 6.36. The van der Waals surface area contributed by atoms with Gasteiger partial charge in [-0.2, -0.15) is 0 Å². The smallest absolute Gasteiger partial charge is 0.226 e. The number of aromatic nitrogens is 1. The van der Waals surface area contributed by atoms with E-state index in [1.165, 1.54) is 0 Å². The predicted molar refractivity (Wildman–Crippen MR) is 123 cm³/mol.